The van der Waals surface area contributed by atoms with Crippen LogP contribution < -0.4 is 4.74 Å². The maximum Gasteiger partial charge on any atom is 0.153 e. The van der Waals surface area contributed by atoms with Crippen molar-refractivity contribution in [2.24, 2.45) is 0 Å². The molecule has 0 amide bonds. The lowest BCUT2D eigenvalue weighted by molar-refractivity contribution is 0.216. The van der Waals surface area contributed by atoms with Crippen molar-refractivity contribution in [3.05, 3.63) is 59.4 Å². The highest BCUT2D eigenvalue weighted by Gasteiger charge is 2.13. The van der Waals surface area contributed by atoms with Crippen molar-refractivity contribution in [2.45, 2.75) is 26.9 Å². The van der Waals surface area contributed by atoms with E-state index in [-0.39, 0.29) is 6.10 Å². The first-order valence-electron chi connectivity index (χ1n) is 6.82. The maximum absolute atomic E-state index is 6.02. The number of rotatable bonds is 3. The Labute approximate surface area is 118 Å². The summed E-state index contributed by atoms with van der Waals surface area (Å²) in [6, 6.07) is 14.2. The summed E-state index contributed by atoms with van der Waals surface area (Å²) in [4.78, 5) is 7.89. The molecule has 0 radical (unpaired) electrons. The van der Waals surface area contributed by atoms with Crippen LogP contribution in [0.5, 0.6) is 5.75 Å². The van der Waals surface area contributed by atoms with Crippen molar-refractivity contribution in [1.29, 1.82) is 0 Å². The molecule has 0 fully saturated rings. The summed E-state index contributed by atoms with van der Waals surface area (Å²) in [7, 11) is 0. The Morgan fingerprint density at radius 1 is 1.10 bits per heavy atom. The van der Waals surface area contributed by atoms with Gasteiger partial charge in [0.05, 0.1) is 11.0 Å². The molecule has 1 heterocycles. The number of ether oxygens (including phenoxy) is 1. The largest absolute Gasteiger partial charge is 0.483 e. The highest BCUT2D eigenvalue weighted by Crippen LogP contribution is 2.25. The monoisotopic (exact) mass is 266 g/mol. The van der Waals surface area contributed by atoms with E-state index >= 15 is 0 Å². The number of imidazole rings is 1. The van der Waals surface area contributed by atoms with Crippen LogP contribution in [-0.4, -0.2) is 9.97 Å². The van der Waals surface area contributed by atoms with E-state index in [1.54, 1.807) is 0 Å². The first-order chi connectivity index (χ1) is 9.63. The van der Waals surface area contributed by atoms with Crippen molar-refractivity contribution >= 4 is 11.0 Å². The molecule has 3 heteroatoms. The number of aryl methyl sites for hydroxylation is 2. The van der Waals surface area contributed by atoms with Crippen LogP contribution >= 0.6 is 0 Å². The van der Waals surface area contributed by atoms with Gasteiger partial charge in [-0.2, -0.15) is 0 Å². The summed E-state index contributed by atoms with van der Waals surface area (Å²) < 4.78 is 6.02. The summed E-state index contributed by atoms with van der Waals surface area (Å²) in [5, 5.41) is 0. The van der Waals surface area contributed by atoms with E-state index in [0.29, 0.717) is 0 Å². The zero-order valence-electron chi connectivity index (χ0n) is 12.0. The number of H-pyrrole nitrogens is 1. The summed E-state index contributed by atoms with van der Waals surface area (Å²) >= 11 is 0. The molecule has 102 valence electrons. The van der Waals surface area contributed by atoms with E-state index in [2.05, 4.69) is 35.9 Å². The van der Waals surface area contributed by atoms with Crippen LogP contribution in [-0.2, 0) is 0 Å². The van der Waals surface area contributed by atoms with Gasteiger partial charge in [0, 0.05) is 0 Å². The van der Waals surface area contributed by atoms with Crippen molar-refractivity contribution in [1.82, 2.24) is 9.97 Å². The summed E-state index contributed by atoms with van der Waals surface area (Å²) in [6.07, 6.45) is -0.108. The van der Waals surface area contributed by atoms with E-state index in [4.69, 9.17) is 4.74 Å². The first kappa shape index (κ1) is 12.7. The third kappa shape index (κ3) is 2.39. The lowest BCUT2D eigenvalue weighted by atomic mass is 10.1. The average molecular weight is 266 g/mol. The van der Waals surface area contributed by atoms with Crippen LogP contribution in [0, 0.1) is 13.8 Å². The molecule has 20 heavy (non-hydrogen) atoms. The molecule has 1 aromatic heterocycles. The molecule has 0 bridgehead atoms. The number of hydrogen-bond donors (Lipinski definition) is 1. The molecule has 0 saturated carbocycles. The van der Waals surface area contributed by atoms with Gasteiger partial charge in [-0.25, -0.2) is 4.98 Å². The minimum Gasteiger partial charge on any atom is -0.483 e. The summed E-state index contributed by atoms with van der Waals surface area (Å²) in [5.41, 5.74) is 4.40. The van der Waals surface area contributed by atoms with Crippen molar-refractivity contribution in [3.63, 3.8) is 0 Å². The Kier molecular flexibility index (Phi) is 3.18. The highest BCUT2D eigenvalue weighted by molar-refractivity contribution is 5.74. The zero-order valence-corrected chi connectivity index (χ0v) is 12.0. The van der Waals surface area contributed by atoms with Gasteiger partial charge in [-0.3, -0.25) is 0 Å². The number of nitrogens with one attached hydrogen (secondary N) is 1. The third-order valence-corrected chi connectivity index (χ3v) is 3.43. The molecule has 1 N–H and O–H groups in total. The number of hydrogen-bond acceptors (Lipinski definition) is 2. The fraction of sp³-hybridized carbons (Fsp3) is 0.235. The van der Waals surface area contributed by atoms with Crippen molar-refractivity contribution < 1.29 is 4.74 Å². The molecule has 0 saturated heterocycles. The average Bonchev–Trinajstić information content (AvgIpc) is 2.86. The standard InChI is InChI=1S/C17H18N2O/c1-11-8-9-16(12(2)10-11)20-13(3)17-18-14-6-4-5-7-15(14)19-17/h4-10,13H,1-3H3,(H,18,19)/t13-/m0/s1. The van der Waals surface area contributed by atoms with E-state index in [0.717, 1.165) is 28.2 Å². The quantitative estimate of drug-likeness (QED) is 0.766. The summed E-state index contributed by atoms with van der Waals surface area (Å²) in [5.74, 6) is 1.76. The highest BCUT2D eigenvalue weighted by atomic mass is 16.5. The summed E-state index contributed by atoms with van der Waals surface area (Å²) in [6.45, 7) is 6.16. The maximum atomic E-state index is 6.02. The molecule has 0 unspecified atom stereocenters. The van der Waals surface area contributed by atoms with Gasteiger partial charge in [-0.05, 0) is 44.5 Å². The van der Waals surface area contributed by atoms with Gasteiger partial charge in [-0.15, -0.1) is 0 Å². The van der Waals surface area contributed by atoms with E-state index in [1.807, 2.05) is 37.3 Å². The number of fused-ring (bicyclic) bond motifs is 1. The third-order valence-electron chi connectivity index (χ3n) is 3.43. The zero-order chi connectivity index (χ0) is 14.1. The fourth-order valence-electron chi connectivity index (χ4n) is 2.34. The van der Waals surface area contributed by atoms with Crippen molar-refractivity contribution in [2.75, 3.05) is 0 Å². The lowest BCUT2D eigenvalue weighted by Crippen LogP contribution is -2.06. The van der Waals surface area contributed by atoms with Crippen LogP contribution in [0.3, 0.4) is 0 Å². The second kappa shape index (κ2) is 5.00. The van der Waals surface area contributed by atoms with Crippen LogP contribution in [0.2, 0.25) is 0 Å². The number of aromatic amines is 1. The predicted molar refractivity (Wildman–Crippen MR) is 81.1 cm³/mol. The van der Waals surface area contributed by atoms with Gasteiger partial charge in [0.25, 0.3) is 0 Å². The predicted octanol–water partition coefficient (Wildman–Crippen LogP) is 4.32. The van der Waals surface area contributed by atoms with E-state index in [1.165, 1.54) is 5.56 Å². The number of nitrogens with zero attached hydrogens (tertiary/aromatic N) is 1. The molecule has 0 spiro atoms. The minimum absolute atomic E-state index is 0.108. The van der Waals surface area contributed by atoms with Gasteiger partial charge >= 0.3 is 0 Å². The topological polar surface area (TPSA) is 37.9 Å². The van der Waals surface area contributed by atoms with Gasteiger partial charge in [0.1, 0.15) is 11.6 Å². The van der Waals surface area contributed by atoms with E-state index in [9.17, 15) is 0 Å². The molecule has 0 aliphatic heterocycles. The second-order valence-corrected chi connectivity index (χ2v) is 5.17. The molecule has 2 aromatic carbocycles. The molecule has 0 aliphatic rings. The Morgan fingerprint density at radius 3 is 2.65 bits per heavy atom. The molecule has 0 aliphatic carbocycles. The lowest BCUT2D eigenvalue weighted by Gasteiger charge is -2.14. The molecular formula is C17H18N2O. The number of para-hydroxylation sites is 2. The first-order valence-corrected chi connectivity index (χ1v) is 6.82. The second-order valence-electron chi connectivity index (χ2n) is 5.17. The number of aromatic nitrogens is 2. The Hall–Kier alpha value is -2.29. The Morgan fingerprint density at radius 2 is 1.90 bits per heavy atom. The smallest absolute Gasteiger partial charge is 0.153 e. The van der Waals surface area contributed by atoms with Gasteiger partial charge in [-0.1, -0.05) is 29.8 Å². The molecule has 3 nitrogen and oxygen atoms in total. The minimum atomic E-state index is -0.108. The van der Waals surface area contributed by atoms with Gasteiger partial charge < -0.3 is 9.72 Å². The SMILES string of the molecule is Cc1ccc(O[C@@H](C)c2nc3ccccc3[nH]2)c(C)c1. The van der Waals surface area contributed by atoms with Crippen molar-refractivity contribution in [3.8, 4) is 5.75 Å². The van der Waals surface area contributed by atoms with Gasteiger partial charge in [0.15, 0.2) is 6.10 Å². The van der Waals surface area contributed by atoms with Crippen LogP contribution in [0.15, 0.2) is 42.5 Å². The molecule has 1 atom stereocenters. The van der Waals surface area contributed by atoms with Gasteiger partial charge in [0.2, 0.25) is 0 Å². The number of benzene rings is 2. The Bertz CT molecular complexity index is 713. The normalized spacial score (nSPS) is 12.6. The fourth-order valence-corrected chi connectivity index (χ4v) is 2.34. The molecular weight excluding hydrogens is 248 g/mol. The van der Waals surface area contributed by atoms with Crippen LogP contribution in [0.1, 0.15) is 30.0 Å². The van der Waals surface area contributed by atoms with E-state index < -0.39 is 0 Å². The van der Waals surface area contributed by atoms with Crippen LogP contribution in [0.25, 0.3) is 11.0 Å². The Balaban J connectivity index is 1.86. The molecule has 3 rings (SSSR count). The molecule has 3 aromatic rings. The van der Waals surface area contributed by atoms with Crippen LogP contribution in [0.4, 0.5) is 0 Å².